The number of carbonyl (C=O) groups is 2. The van der Waals surface area contributed by atoms with Crippen molar-refractivity contribution in [1.82, 2.24) is 4.90 Å². The molecule has 1 aromatic heterocycles. The van der Waals surface area contributed by atoms with Gasteiger partial charge in [-0.1, -0.05) is 29.8 Å². The average molecular weight is 374 g/mol. The number of thiophene rings is 1. The van der Waals surface area contributed by atoms with E-state index in [4.69, 9.17) is 11.6 Å². The first-order chi connectivity index (χ1) is 12.1. The van der Waals surface area contributed by atoms with E-state index in [-0.39, 0.29) is 17.3 Å². The number of nitrogens with zero attached hydrogens (tertiary/aromatic N) is 1. The van der Waals surface area contributed by atoms with Gasteiger partial charge in [-0.25, -0.2) is 0 Å². The van der Waals surface area contributed by atoms with E-state index in [1.54, 1.807) is 40.5 Å². The Kier molecular flexibility index (Phi) is 4.13. The van der Waals surface area contributed by atoms with E-state index in [0.717, 1.165) is 23.3 Å². The molecule has 1 saturated carbocycles. The Hall–Kier alpha value is -2.11. The van der Waals surface area contributed by atoms with Gasteiger partial charge in [0.1, 0.15) is 0 Å². The zero-order valence-electron chi connectivity index (χ0n) is 13.3. The first kappa shape index (κ1) is 16.4. The second-order valence-electron chi connectivity index (χ2n) is 6.37. The molecule has 1 atom stereocenters. The summed E-state index contributed by atoms with van der Waals surface area (Å²) in [6.45, 7) is 0.356. The van der Waals surface area contributed by atoms with E-state index in [2.05, 4.69) is 0 Å². The lowest BCUT2D eigenvalue weighted by atomic mass is 9.94. The normalized spacial score (nSPS) is 20.4. The summed E-state index contributed by atoms with van der Waals surface area (Å²) >= 11 is 7.52. The van der Waals surface area contributed by atoms with Gasteiger partial charge in [0.25, 0.3) is 5.91 Å². The van der Waals surface area contributed by atoms with Gasteiger partial charge in [0.15, 0.2) is 11.5 Å². The van der Waals surface area contributed by atoms with E-state index in [0.29, 0.717) is 11.6 Å². The van der Waals surface area contributed by atoms with Gasteiger partial charge in [-0.2, -0.15) is 0 Å². The zero-order valence-corrected chi connectivity index (χ0v) is 14.9. The molecule has 1 N–H and O–H groups in total. The Morgan fingerprint density at radius 3 is 2.56 bits per heavy atom. The molecule has 4 nitrogen and oxygen atoms in total. The van der Waals surface area contributed by atoms with Gasteiger partial charge in [-0.05, 0) is 42.0 Å². The molecular weight excluding hydrogens is 358 g/mol. The van der Waals surface area contributed by atoms with Gasteiger partial charge >= 0.3 is 0 Å². The Bertz CT molecular complexity index is 853. The summed E-state index contributed by atoms with van der Waals surface area (Å²) in [5.74, 6) is -1.08. The molecule has 2 aliphatic rings. The van der Waals surface area contributed by atoms with Crippen molar-refractivity contribution in [2.24, 2.45) is 5.92 Å². The quantitative estimate of drug-likeness (QED) is 0.851. The van der Waals surface area contributed by atoms with E-state index in [1.165, 1.54) is 0 Å². The van der Waals surface area contributed by atoms with Crippen LogP contribution in [-0.2, 0) is 16.1 Å². The number of rotatable bonds is 5. The highest BCUT2D eigenvalue weighted by Crippen LogP contribution is 2.44. The highest BCUT2D eigenvalue weighted by Gasteiger charge is 2.46. The lowest BCUT2D eigenvalue weighted by molar-refractivity contribution is -0.130. The number of benzene rings is 1. The summed E-state index contributed by atoms with van der Waals surface area (Å²) in [6.07, 6.45) is 1.64. The zero-order chi connectivity index (χ0) is 17.6. The number of hydrogen-bond acceptors (Lipinski definition) is 4. The maximum absolute atomic E-state index is 12.7. The number of ketones is 1. The van der Waals surface area contributed by atoms with Gasteiger partial charge in [0.2, 0.25) is 0 Å². The van der Waals surface area contributed by atoms with E-state index in [1.807, 2.05) is 17.5 Å². The highest BCUT2D eigenvalue weighted by atomic mass is 35.5. The molecule has 0 bridgehead atoms. The molecule has 25 heavy (non-hydrogen) atoms. The van der Waals surface area contributed by atoms with Crippen LogP contribution in [0.2, 0.25) is 5.02 Å². The number of hydrogen-bond donors (Lipinski definition) is 1. The number of aliphatic hydroxyl groups excluding tert-OH is 1. The maximum Gasteiger partial charge on any atom is 0.290 e. The maximum atomic E-state index is 12.7. The minimum absolute atomic E-state index is 0.0681. The number of carbonyl (C=O) groups excluding carboxylic acids is 2. The topological polar surface area (TPSA) is 57.6 Å². The van der Waals surface area contributed by atoms with Crippen molar-refractivity contribution in [2.45, 2.75) is 25.4 Å². The Morgan fingerprint density at radius 2 is 1.96 bits per heavy atom. The van der Waals surface area contributed by atoms with Crippen LogP contribution in [0.4, 0.5) is 0 Å². The predicted molar refractivity (Wildman–Crippen MR) is 96.4 cm³/mol. The van der Waals surface area contributed by atoms with Crippen LogP contribution < -0.4 is 0 Å². The van der Waals surface area contributed by atoms with Crippen molar-refractivity contribution < 1.29 is 14.7 Å². The summed E-state index contributed by atoms with van der Waals surface area (Å²) in [6, 6.07) is 10.4. The minimum atomic E-state index is -0.569. The first-order valence-corrected chi connectivity index (χ1v) is 9.38. The van der Waals surface area contributed by atoms with E-state index >= 15 is 0 Å². The van der Waals surface area contributed by atoms with Crippen LogP contribution in [0.1, 0.15) is 29.3 Å². The molecule has 1 fully saturated rings. The molecule has 0 radical (unpaired) electrons. The summed E-state index contributed by atoms with van der Waals surface area (Å²) < 4.78 is 0. The van der Waals surface area contributed by atoms with E-state index in [9.17, 15) is 14.7 Å². The van der Waals surface area contributed by atoms with Gasteiger partial charge < -0.3 is 10.0 Å². The van der Waals surface area contributed by atoms with Gasteiger partial charge in [0, 0.05) is 15.8 Å². The second-order valence-corrected chi connectivity index (χ2v) is 7.84. The van der Waals surface area contributed by atoms with Crippen molar-refractivity contribution in [3.63, 3.8) is 0 Å². The van der Waals surface area contributed by atoms with Crippen LogP contribution in [0.3, 0.4) is 0 Å². The Morgan fingerprint density at radius 1 is 1.24 bits per heavy atom. The first-order valence-electron chi connectivity index (χ1n) is 8.12. The Labute approximate surface area is 154 Å². The predicted octanol–water partition coefficient (Wildman–Crippen LogP) is 4.28. The van der Waals surface area contributed by atoms with Crippen LogP contribution in [-0.4, -0.2) is 21.7 Å². The number of Topliss-reactive ketones (excluding diaryl/α,β-unsaturated/α-hetero) is 1. The molecule has 2 heterocycles. The number of aliphatic hydroxyl groups is 1. The number of halogens is 1. The van der Waals surface area contributed by atoms with Gasteiger partial charge in [0.05, 0.1) is 18.2 Å². The Balaban J connectivity index is 1.76. The van der Waals surface area contributed by atoms with Crippen molar-refractivity contribution >= 4 is 34.6 Å². The summed E-state index contributed by atoms with van der Waals surface area (Å²) in [5.41, 5.74) is 1.01. The van der Waals surface area contributed by atoms with E-state index < -0.39 is 17.7 Å². The van der Waals surface area contributed by atoms with Gasteiger partial charge in [-0.15, -0.1) is 11.3 Å². The average Bonchev–Trinajstić information content (AvgIpc) is 3.28. The van der Waals surface area contributed by atoms with Crippen LogP contribution in [0, 0.1) is 5.92 Å². The molecule has 1 aromatic carbocycles. The van der Waals surface area contributed by atoms with Crippen LogP contribution in [0.5, 0.6) is 0 Å². The van der Waals surface area contributed by atoms with Crippen molar-refractivity contribution in [1.29, 1.82) is 0 Å². The van der Waals surface area contributed by atoms with Crippen LogP contribution in [0.15, 0.2) is 53.1 Å². The molecule has 128 valence electrons. The third kappa shape index (κ3) is 2.98. The molecule has 1 amide bonds. The second kappa shape index (κ2) is 6.32. The SMILES string of the molecule is O=C(C1=C(O)C(=O)N(Cc2cccs2)C1c1ccc(Cl)cc1)C1CC1. The van der Waals surface area contributed by atoms with Crippen LogP contribution >= 0.6 is 22.9 Å². The fourth-order valence-electron chi connectivity index (χ4n) is 3.20. The number of amides is 1. The van der Waals surface area contributed by atoms with Gasteiger partial charge in [-0.3, -0.25) is 9.59 Å². The summed E-state index contributed by atoms with van der Waals surface area (Å²) in [5, 5.41) is 13.0. The third-order valence-electron chi connectivity index (χ3n) is 4.61. The molecule has 4 rings (SSSR count). The summed E-state index contributed by atoms with van der Waals surface area (Å²) in [4.78, 5) is 28.0. The molecular formula is C19H16ClNO3S. The van der Waals surface area contributed by atoms with Crippen LogP contribution in [0.25, 0.3) is 0 Å². The monoisotopic (exact) mass is 373 g/mol. The largest absolute Gasteiger partial charge is 0.503 e. The minimum Gasteiger partial charge on any atom is -0.503 e. The van der Waals surface area contributed by atoms with Crippen molar-refractivity contribution in [3.05, 3.63) is 68.6 Å². The smallest absolute Gasteiger partial charge is 0.290 e. The fraction of sp³-hybridized carbons (Fsp3) is 0.263. The molecule has 6 heteroatoms. The lowest BCUT2D eigenvalue weighted by Crippen LogP contribution is -2.30. The summed E-state index contributed by atoms with van der Waals surface area (Å²) in [7, 11) is 0. The molecule has 1 aliphatic heterocycles. The molecule has 1 unspecified atom stereocenters. The van der Waals surface area contributed by atoms with Crippen molar-refractivity contribution in [2.75, 3.05) is 0 Å². The fourth-order valence-corrected chi connectivity index (χ4v) is 4.02. The van der Waals surface area contributed by atoms with Crippen molar-refractivity contribution in [3.8, 4) is 0 Å². The highest BCUT2D eigenvalue weighted by molar-refractivity contribution is 7.09. The molecule has 0 saturated heterocycles. The third-order valence-corrected chi connectivity index (χ3v) is 5.72. The molecule has 1 aliphatic carbocycles. The molecule has 2 aromatic rings. The standard InChI is InChI=1S/C19H16ClNO3S/c20-13-7-5-11(6-8-13)16-15(17(22)12-3-4-12)18(23)19(24)21(16)10-14-2-1-9-25-14/h1-2,5-9,12,16,23H,3-4,10H2. The lowest BCUT2D eigenvalue weighted by Gasteiger charge is -2.26. The molecule has 0 spiro atoms.